The summed E-state index contributed by atoms with van der Waals surface area (Å²) in [6.07, 6.45) is 1.17. The molecule has 0 aliphatic carbocycles. The number of hydrogen-bond donors (Lipinski definition) is 1. The van der Waals surface area contributed by atoms with Crippen LogP contribution >= 0.6 is 0 Å². The lowest BCUT2D eigenvalue weighted by atomic mass is 10.1. The maximum Gasteiger partial charge on any atom is 0.317 e. The van der Waals surface area contributed by atoms with Gasteiger partial charge in [-0.2, -0.15) is 0 Å². The fourth-order valence-corrected chi connectivity index (χ4v) is 2.77. The van der Waals surface area contributed by atoms with Crippen LogP contribution in [-0.4, -0.2) is 54.2 Å². The molecule has 1 N–H and O–H groups in total. The van der Waals surface area contributed by atoms with Crippen LogP contribution < -0.4 is 5.32 Å². The van der Waals surface area contributed by atoms with Crippen LogP contribution in [0.4, 0.5) is 4.79 Å². The molecule has 1 aromatic heterocycles. The first-order chi connectivity index (χ1) is 10.0. The molecule has 0 bridgehead atoms. The van der Waals surface area contributed by atoms with Crippen LogP contribution in [0, 0.1) is 19.8 Å². The molecule has 1 aromatic rings. The molecule has 6 heteroatoms. The van der Waals surface area contributed by atoms with Crippen molar-refractivity contribution in [2.24, 2.45) is 5.92 Å². The van der Waals surface area contributed by atoms with Crippen LogP contribution in [-0.2, 0) is 6.54 Å². The van der Waals surface area contributed by atoms with Gasteiger partial charge < -0.3 is 19.6 Å². The predicted molar refractivity (Wildman–Crippen MR) is 81.1 cm³/mol. The fraction of sp³-hybridized carbons (Fsp3) is 0.733. The molecule has 2 heterocycles. The first-order valence-corrected chi connectivity index (χ1v) is 7.64. The van der Waals surface area contributed by atoms with Crippen LogP contribution in [0.3, 0.4) is 0 Å². The lowest BCUT2D eigenvalue weighted by Gasteiger charge is -2.19. The van der Waals surface area contributed by atoms with Crippen LogP contribution in [0.15, 0.2) is 4.52 Å². The Morgan fingerprint density at radius 1 is 1.52 bits per heavy atom. The highest BCUT2D eigenvalue weighted by atomic mass is 16.5. The van der Waals surface area contributed by atoms with Crippen LogP contribution in [0.1, 0.15) is 30.4 Å². The minimum Gasteiger partial charge on any atom is -0.361 e. The highest BCUT2D eigenvalue weighted by molar-refractivity contribution is 5.73. The second kappa shape index (κ2) is 6.93. The third kappa shape index (κ3) is 3.97. The molecule has 1 saturated heterocycles. The summed E-state index contributed by atoms with van der Waals surface area (Å²) in [6, 6.07) is -0.0371. The summed E-state index contributed by atoms with van der Waals surface area (Å²) in [5, 5.41) is 6.95. The molecule has 2 rings (SSSR count). The lowest BCUT2D eigenvalue weighted by Crippen LogP contribution is -2.39. The summed E-state index contributed by atoms with van der Waals surface area (Å²) < 4.78 is 5.13. The van der Waals surface area contributed by atoms with E-state index >= 15 is 0 Å². The van der Waals surface area contributed by atoms with Crippen molar-refractivity contribution in [3.63, 3.8) is 0 Å². The van der Waals surface area contributed by atoms with E-state index in [9.17, 15) is 4.79 Å². The molecule has 0 aromatic carbocycles. The Labute approximate surface area is 126 Å². The monoisotopic (exact) mass is 294 g/mol. The van der Waals surface area contributed by atoms with Crippen molar-refractivity contribution in [1.29, 1.82) is 0 Å². The van der Waals surface area contributed by atoms with Crippen molar-refractivity contribution in [2.45, 2.75) is 33.7 Å². The zero-order valence-electron chi connectivity index (χ0n) is 13.5. The first-order valence-electron chi connectivity index (χ1n) is 7.64. The normalized spacial score (nSPS) is 19.0. The first kappa shape index (κ1) is 15.8. The van der Waals surface area contributed by atoms with Gasteiger partial charge in [-0.15, -0.1) is 0 Å². The standard InChI is InChI=1S/C15H26N4O2/c1-5-19-7-6-13(9-19)8-16-15(20)18(4)10-14-11(2)17-21-12(14)3/h13H,5-10H2,1-4H3,(H,16,20)/t13-/m1/s1. The molecule has 1 atom stereocenters. The zero-order valence-corrected chi connectivity index (χ0v) is 13.5. The number of hydrogen-bond acceptors (Lipinski definition) is 4. The minimum absolute atomic E-state index is 0.0371. The van der Waals surface area contributed by atoms with Gasteiger partial charge in [0.1, 0.15) is 5.76 Å². The maximum atomic E-state index is 12.1. The van der Waals surface area contributed by atoms with Gasteiger partial charge in [-0.1, -0.05) is 12.1 Å². The van der Waals surface area contributed by atoms with Gasteiger partial charge >= 0.3 is 6.03 Å². The van der Waals surface area contributed by atoms with Gasteiger partial charge in [-0.3, -0.25) is 0 Å². The third-order valence-electron chi connectivity index (χ3n) is 4.28. The van der Waals surface area contributed by atoms with Gasteiger partial charge in [0.2, 0.25) is 0 Å². The van der Waals surface area contributed by atoms with E-state index in [1.54, 1.807) is 11.9 Å². The molecule has 1 aliphatic rings. The zero-order chi connectivity index (χ0) is 15.4. The molecular formula is C15H26N4O2. The average Bonchev–Trinajstić information content (AvgIpc) is 3.06. The van der Waals surface area contributed by atoms with Crippen LogP contribution in [0.5, 0.6) is 0 Å². The van der Waals surface area contributed by atoms with Crippen LogP contribution in [0.25, 0.3) is 0 Å². The van der Waals surface area contributed by atoms with Gasteiger partial charge in [-0.05, 0) is 39.3 Å². The molecule has 0 saturated carbocycles. The van der Waals surface area contributed by atoms with E-state index < -0.39 is 0 Å². The van der Waals surface area contributed by atoms with E-state index in [4.69, 9.17) is 4.52 Å². The molecule has 1 aliphatic heterocycles. The van der Waals surface area contributed by atoms with Crippen molar-refractivity contribution >= 4 is 6.03 Å². The number of likely N-dealkylation sites (tertiary alicyclic amines) is 1. The summed E-state index contributed by atoms with van der Waals surface area (Å²) in [5.74, 6) is 1.35. The molecule has 0 radical (unpaired) electrons. The Morgan fingerprint density at radius 3 is 2.86 bits per heavy atom. The Kier molecular flexibility index (Phi) is 5.22. The molecule has 0 unspecified atom stereocenters. The van der Waals surface area contributed by atoms with E-state index in [0.29, 0.717) is 12.5 Å². The number of urea groups is 1. The van der Waals surface area contributed by atoms with Crippen molar-refractivity contribution < 1.29 is 9.32 Å². The lowest BCUT2D eigenvalue weighted by molar-refractivity contribution is 0.204. The number of rotatable bonds is 5. The summed E-state index contributed by atoms with van der Waals surface area (Å²) in [5.41, 5.74) is 1.84. The van der Waals surface area contributed by atoms with E-state index in [-0.39, 0.29) is 6.03 Å². The number of amides is 2. The molecule has 1 fully saturated rings. The molecular weight excluding hydrogens is 268 g/mol. The third-order valence-corrected chi connectivity index (χ3v) is 4.28. The molecule has 0 spiro atoms. The Balaban J connectivity index is 1.78. The van der Waals surface area contributed by atoms with Crippen molar-refractivity contribution in [3.8, 4) is 0 Å². The van der Waals surface area contributed by atoms with Crippen molar-refractivity contribution in [2.75, 3.05) is 33.2 Å². The van der Waals surface area contributed by atoms with Gasteiger partial charge in [0.05, 0.1) is 12.2 Å². The summed E-state index contributed by atoms with van der Waals surface area (Å²) >= 11 is 0. The van der Waals surface area contributed by atoms with Gasteiger partial charge in [0.15, 0.2) is 0 Å². The summed E-state index contributed by atoms with van der Waals surface area (Å²) in [7, 11) is 1.80. The summed E-state index contributed by atoms with van der Waals surface area (Å²) in [4.78, 5) is 16.3. The van der Waals surface area contributed by atoms with Gasteiger partial charge in [-0.25, -0.2) is 4.79 Å². The quantitative estimate of drug-likeness (QED) is 0.899. The molecule has 21 heavy (non-hydrogen) atoms. The van der Waals surface area contributed by atoms with E-state index in [1.165, 1.54) is 6.42 Å². The largest absolute Gasteiger partial charge is 0.361 e. The number of aryl methyl sites for hydroxylation is 2. The molecule has 2 amide bonds. The second-order valence-corrected chi connectivity index (χ2v) is 5.89. The van der Waals surface area contributed by atoms with E-state index in [2.05, 4.69) is 22.3 Å². The smallest absolute Gasteiger partial charge is 0.317 e. The van der Waals surface area contributed by atoms with Gasteiger partial charge in [0, 0.05) is 25.7 Å². The SMILES string of the molecule is CCN1CC[C@H](CNC(=O)N(C)Cc2c(C)noc2C)C1. The van der Waals surface area contributed by atoms with Crippen molar-refractivity contribution in [1.82, 2.24) is 20.3 Å². The van der Waals surface area contributed by atoms with Crippen molar-refractivity contribution in [3.05, 3.63) is 17.0 Å². The van der Waals surface area contributed by atoms with E-state index in [1.807, 2.05) is 13.8 Å². The minimum atomic E-state index is -0.0371. The number of aromatic nitrogens is 1. The Morgan fingerprint density at radius 2 is 2.29 bits per heavy atom. The van der Waals surface area contributed by atoms with Gasteiger partial charge in [0.25, 0.3) is 0 Å². The number of carbonyl (C=O) groups is 1. The van der Waals surface area contributed by atoms with E-state index in [0.717, 1.165) is 43.2 Å². The molecule has 118 valence electrons. The second-order valence-electron chi connectivity index (χ2n) is 5.89. The number of nitrogens with one attached hydrogen (secondary N) is 1. The highest BCUT2D eigenvalue weighted by Gasteiger charge is 2.22. The topological polar surface area (TPSA) is 61.6 Å². The highest BCUT2D eigenvalue weighted by Crippen LogP contribution is 2.16. The predicted octanol–water partition coefficient (Wildman–Crippen LogP) is 1.77. The Hall–Kier alpha value is -1.56. The summed E-state index contributed by atoms with van der Waals surface area (Å²) in [6.45, 7) is 10.6. The number of carbonyl (C=O) groups excluding carboxylic acids is 1. The maximum absolute atomic E-state index is 12.1. The average molecular weight is 294 g/mol. The fourth-order valence-electron chi connectivity index (χ4n) is 2.77. The number of nitrogens with zero attached hydrogens (tertiary/aromatic N) is 3. The molecule has 6 nitrogen and oxygen atoms in total. The Bertz CT molecular complexity index is 467. The van der Waals surface area contributed by atoms with Crippen LogP contribution in [0.2, 0.25) is 0 Å².